The third-order valence-corrected chi connectivity index (χ3v) is 5.98. The Balaban J connectivity index is 1.67. The normalized spacial score (nSPS) is 16.1. The number of benzene rings is 1. The third kappa shape index (κ3) is 2.59. The number of hydrogen-bond donors (Lipinski definition) is 1. The number of thiazole rings is 1. The van der Waals surface area contributed by atoms with Crippen molar-refractivity contribution in [3.05, 3.63) is 34.8 Å². The summed E-state index contributed by atoms with van der Waals surface area (Å²) < 4.78 is 1.96. The molecule has 0 saturated heterocycles. The van der Waals surface area contributed by atoms with E-state index in [1.165, 1.54) is 30.6 Å². The molecule has 4 rings (SSSR count). The van der Waals surface area contributed by atoms with Crippen LogP contribution >= 0.6 is 11.3 Å². The number of fused-ring (bicyclic) bond motifs is 3. The Bertz CT molecular complexity index is 892. The first-order chi connectivity index (χ1) is 11.7. The monoisotopic (exact) mass is 343 g/mol. The first-order valence-electron chi connectivity index (χ1n) is 8.46. The summed E-state index contributed by atoms with van der Waals surface area (Å²) in [6, 6.07) is 6.08. The predicted molar refractivity (Wildman–Crippen MR) is 95.5 cm³/mol. The van der Waals surface area contributed by atoms with E-state index in [-0.39, 0.29) is 12.5 Å². The Labute approximate surface area is 144 Å². The van der Waals surface area contributed by atoms with Crippen LogP contribution in [0.15, 0.2) is 24.4 Å². The summed E-state index contributed by atoms with van der Waals surface area (Å²) in [6.45, 7) is 0.00349. The van der Waals surface area contributed by atoms with Gasteiger partial charge in [0.1, 0.15) is 4.88 Å². The molecule has 6 heteroatoms. The standard InChI is InChI=1S/C18H21N3O2S/c1-20(13-5-3-2-4-6-13)17(23)16-10-21-15-9-12(11-22)7-8-14(15)19-18(21)24-16/h7-10,13,22H,2-6,11H2,1H3. The molecule has 1 fully saturated rings. The lowest BCUT2D eigenvalue weighted by atomic mass is 9.94. The number of aliphatic hydroxyl groups is 1. The van der Waals surface area contributed by atoms with Crippen molar-refractivity contribution in [3.63, 3.8) is 0 Å². The van der Waals surface area contributed by atoms with Crippen molar-refractivity contribution in [2.45, 2.75) is 44.8 Å². The number of aromatic nitrogens is 2. The highest BCUT2D eigenvalue weighted by Crippen LogP contribution is 2.28. The Kier molecular flexibility index (Phi) is 4.02. The van der Waals surface area contributed by atoms with Crippen molar-refractivity contribution in [2.24, 2.45) is 0 Å². The van der Waals surface area contributed by atoms with Gasteiger partial charge in [0.15, 0.2) is 4.96 Å². The zero-order valence-corrected chi connectivity index (χ0v) is 14.6. The van der Waals surface area contributed by atoms with E-state index in [2.05, 4.69) is 4.98 Å². The van der Waals surface area contributed by atoms with Crippen LogP contribution in [0.25, 0.3) is 16.0 Å². The Morgan fingerprint density at radius 2 is 2.17 bits per heavy atom. The van der Waals surface area contributed by atoms with Crippen molar-refractivity contribution in [2.75, 3.05) is 7.05 Å². The number of nitrogens with zero attached hydrogens (tertiary/aromatic N) is 3. The van der Waals surface area contributed by atoms with E-state index in [9.17, 15) is 9.90 Å². The average molecular weight is 343 g/mol. The molecule has 0 atom stereocenters. The van der Waals surface area contributed by atoms with Crippen LogP contribution in [0.1, 0.15) is 47.3 Å². The smallest absolute Gasteiger partial charge is 0.265 e. The fourth-order valence-electron chi connectivity index (χ4n) is 3.56. The van der Waals surface area contributed by atoms with Gasteiger partial charge in [-0.05, 0) is 30.5 Å². The molecule has 1 N–H and O–H groups in total. The van der Waals surface area contributed by atoms with E-state index >= 15 is 0 Å². The second-order valence-corrected chi connectivity index (χ2v) is 7.56. The molecule has 0 radical (unpaired) electrons. The Morgan fingerprint density at radius 3 is 2.92 bits per heavy atom. The number of imidazole rings is 1. The summed E-state index contributed by atoms with van der Waals surface area (Å²) in [5, 5.41) is 9.33. The second-order valence-electron chi connectivity index (χ2n) is 6.55. The molecule has 0 bridgehead atoms. The Morgan fingerprint density at radius 1 is 1.38 bits per heavy atom. The first kappa shape index (κ1) is 15.6. The molecule has 126 valence electrons. The van der Waals surface area contributed by atoms with Crippen LogP contribution in [0.3, 0.4) is 0 Å². The number of carbonyl (C=O) groups is 1. The Hall–Kier alpha value is -1.92. The molecule has 0 unspecified atom stereocenters. The van der Waals surface area contributed by atoms with Crippen LogP contribution in [0.2, 0.25) is 0 Å². The van der Waals surface area contributed by atoms with Crippen LogP contribution in [-0.4, -0.2) is 38.4 Å². The van der Waals surface area contributed by atoms with Crippen LogP contribution in [0, 0.1) is 0 Å². The topological polar surface area (TPSA) is 57.8 Å². The number of carbonyl (C=O) groups excluding carboxylic acids is 1. The van der Waals surface area contributed by atoms with Crippen LogP contribution in [0.4, 0.5) is 0 Å². The van der Waals surface area contributed by atoms with Gasteiger partial charge in [0.25, 0.3) is 5.91 Å². The number of aliphatic hydroxyl groups excluding tert-OH is 1. The van der Waals surface area contributed by atoms with Gasteiger partial charge in [0.2, 0.25) is 0 Å². The van der Waals surface area contributed by atoms with Crippen LogP contribution in [-0.2, 0) is 6.61 Å². The van der Waals surface area contributed by atoms with Gasteiger partial charge in [-0.15, -0.1) is 0 Å². The quantitative estimate of drug-likeness (QED) is 0.792. The zero-order valence-electron chi connectivity index (χ0n) is 13.7. The number of amides is 1. The van der Waals surface area contributed by atoms with Crippen LogP contribution < -0.4 is 0 Å². The van der Waals surface area contributed by atoms with Gasteiger partial charge >= 0.3 is 0 Å². The largest absolute Gasteiger partial charge is 0.392 e. The SMILES string of the molecule is CN(C(=O)c1cn2c(nc3ccc(CO)cc32)s1)C1CCCCC1. The van der Waals surface area contributed by atoms with Crippen molar-refractivity contribution in [1.29, 1.82) is 0 Å². The molecule has 5 nitrogen and oxygen atoms in total. The maximum absolute atomic E-state index is 12.8. The van der Waals surface area contributed by atoms with E-state index in [0.29, 0.717) is 6.04 Å². The summed E-state index contributed by atoms with van der Waals surface area (Å²) in [7, 11) is 1.92. The summed E-state index contributed by atoms with van der Waals surface area (Å²) in [5.74, 6) is 0.0869. The van der Waals surface area contributed by atoms with E-state index in [1.807, 2.05) is 40.7 Å². The minimum atomic E-state index is 0.00349. The molecule has 1 aliphatic rings. The predicted octanol–water partition coefficient (Wildman–Crippen LogP) is 3.45. The van der Waals surface area contributed by atoms with Gasteiger partial charge in [-0.2, -0.15) is 0 Å². The van der Waals surface area contributed by atoms with Crippen molar-refractivity contribution in [3.8, 4) is 0 Å². The zero-order chi connectivity index (χ0) is 16.7. The number of hydrogen-bond acceptors (Lipinski definition) is 4. The molecule has 1 aliphatic carbocycles. The molecular formula is C18H21N3O2S. The van der Waals surface area contributed by atoms with Crippen molar-refractivity contribution >= 4 is 33.2 Å². The van der Waals surface area contributed by atoms with Gasteiger partial charge in [-0.3, -0.25) is 9.20 Å². The van der Waals surface area contributed by atoms with E-state index in [0.717, 1.165) is 39.3 Å². The lowest BCUT2D eigenvalue weighted by Gasteiger charge is -2.30. The molecule has 2 heterocycles. The van der Waals surface area contributed by atoms with Gasteiger partial charge < -0.3 is 10.0 Å². The van der Waals surface area contributed by atoms with Crippen LogP contribution in [0.5, 0.6) is 0 Å². The maximum atomic E-state index is 12.8. The van der Waals surface area contributed by atoms with E-state index < -0.39 is 0 Å². The van der Waals surface area contributed by atoms with Crippen molar-refractivity contribution in [1.82, 2.24) is 14.3 Å². The third-order valence-electron chi connectivity index (χ3n) is 5.01. The lowest BCUT2D eigenvalue weighted by molar-refractivity contribution is 0.0701. The average Bonchev–Trinajstić information content (AvgIpc) is 3.18. The second kappa shape index (κ2) is 6.18. The number of rotatable bonds is 3. The summed E-state index contributed by atoms with van der Waals surface area (Å²) in [4.78, 5) is 20.9. The fraction of sp³-hybridized carbons (Fsp3) is 0.444. The van der Waals surface area contributed by atoms with Crippen molar-refractivity contribution < 1.29 is 9.90 Å². The van der Waals surface area contributed by atoms with E-state index in [1.54, 1.807) is 0 Å². The van der Waals surface area contributed by atoms with E-state index in [4.69, 9.17) is 0 Å². The highest BCUT2D eigenvalue weighted by Gasteiger charge is 2.25. The fourth-order valence-corrected chi connectivity index (χ4v) is 4.54. The minimum Gasteiger partial charge on any atom is -0.392 e. The lowest BCUT2D eigenvalue weighted by Crippen LogP contribution is -2.37. The highest BCUT2D eigenvalue weighted by molar-refractivity contribution is 7.18. The van der Waals surface area contributed by atoms with Gasteiger partial charge in [0, 0.05) is 19.3 Å². The molecule has 2 aromatic heterocycles. The minimum absolute atomic E-state index is 0.00349. The van der Waals surface area contributed by atoms with Gasteiger partial charge in [-0.1, -0.05) is 36.7 Å². The molecule has 1 aromatic carbocycles. The first-order valence-corrected chi connectivity index (χ1v) is 9.27. The summed E-state index contributed by atoms with van der Waals surface area (Å²) in [6.07, 6.45) is 7.80. The van der Waals surface area contributed by atoms with Gasteiger partial charge in [0.05, 0.1) is 17.6 Å². The molecule has 0 spiro atoms. The summed E-state index contributed by atoms with van der Waals surface area (Å²) >= 11 is 1.44. The summed E-state index contributed by atoms with van der Waals surface area (Å²) in [5.41, 5.74) is 2.67. The molecule has 24 heavy (non-hydrogen) atoms. The highest BCUT2D eigenvalue weighted by atomic mass is 32.1. The van der Waals surface area contributed by atoms with Gasteiger partial charge in [-0.25, -0.2) is 4.98 Å². The molecule has 0 aliphatic heterocycles. The molecule has 1 saturated carbocycles. The molecular weight excluding hydrogens is 322 g/mol. The molecule has 1 amide bonds. The molecule has 3 aromatic rings. The maximum Gasteiger partial charge on any atom is 0.265 e.